The van der Waals surface area contributed by atoms with Gasteiger partial charge >= 0.3 is 0 Å². The Labute approximate surface area is 80.5 Å². The van der Waals surface area contributed by atoms with Crippen LogP contribution in [0, 0.1) is 5.41 Å². The van der Waals surface area contributed by atoms with Crippen molar-refractivity contribution in [1.29, 1.82) is 0 Å². The average molecular weight is 178 g/mol. The minimum absolute atomic E-state index is 0.186. The lowest BCUT2D eigenvalue weighted by molar-refractivity contribution is -0.114. The molecule has 0 radical (unpaired) electrons. The molecule has 0 heterocycles. The molecule has 1 aliphatic carbocycles. The van der Waals surface area contributed by atoms with E-state index in [-0.39, 0.29) is 5.41 Å². The number of unbranched alkanes of at least 4 members (excludes halogenated alkanes) is 1. The minimum Gasteiger partial charge on any atom is -0.302 e. The molecule has 0 aliphatic heterocycles. The number of carbonyl (C=O) groups excluding carboxylic acids is 1. The summed E-state index contributed by atoms with van der Waals surface area (Å²) in [7, 11) is 0. The van der Waals surface area contributed by atoms with Crippen LogP contribution in [0.5, 0.6) is 0 Å². The highest BCUT2D eigenvalue weighted by Crippen LogP contribution is 2.34. The third kappa shape index (κ3) is 2.55. The van der Waals surface area contributed by atoms with E-state index >= 15 is 0 Å². The summed E-state index contributed by atoms with van der Waals surface area (Å²) in [4.78, 5) is 11.1. The van der Waals surface area contributed by atoms with Crippen LogP contribution in [-0.4, -0.2) is 6.29 Å². The molecule has 13 heavy (non-hydrogen) atoms. The van der Waals surface area contributed by atoms with E-state index in [1.807, 2.05) is 6.08 Å². The van der Waals surface area contributed by atoms with Gasteiger partial charge in [-0.05, 0) is 19.8 Å². The van der Waals surface area contributed by atoms with Gasteiger partial charge in [-0.15, -0.1) is 0 Å². The van der Waals surface area contributed by atoms with Crippen molar-refractivity contribution in [1.82, 2.24) is 0 Å². The van der Waals surface area contributed by atoms with Crippen LogP contribution < -0.4 is 0 Å². The number of aldehydes is 1. The van der Waals surface area contributed by atoms with Gasteiger partial charge in [0.25, 0.3) is 0 Å². The standard InChI is InChI=1S/C12H18O/c1-3-4-7-12(10-13)8-5-6-11(2)9-12/h5-6,8,10H,3-4,7,9H2,1-2H3. The van der Waals surface area contributed by atoms with E-state index in [0.717, 1.165) is 32.0 Å². The highest BCUT2D eigenvalue weighted by Gasteiger charge is 2.27. The summed E-state index contributed by atoms with van der Waals surface area (Å²) in [5, 5.41) is 0. The molecule has 0 aromatic carbocycles. The Morgan fingerprint density at radius 1 is 1.62 bits per heavy atom. The van der Waals surface area contributed by atoms with E-state index in [2.05, 4.69) is 26.0 Å². The summed E-state index contributed by atoms with van der Waals surface area (Å²) in [5.74, 6) is 0. The molecule has 0 fully saturated rings. The van der Waals surface area contributed by atoms with Crippen molar-refractivity contribution in [3.63, 3.8) is 0 Å². The second-order valence-corrected chi connectivity index (χ2v) is 4.00. The van der Waals surface area contributed by atoms with Crippen molar-refractivity contribution in [3.05, 3.63) is 23.8 Å². The lowest BCUT2D eigenvalue weighted by atomic mass is 9.76. The molecule has 0 aromatic rings. The number of hydrogen-bond donors (Lipinski definition) is 0. The molecule has 0 saturated carbocycles. The lowest BCUT2D eigenvalue weighted by Gasteiger charge is -2.26. The summed E-state index contributed by atoms with van der Waals surface area (Å²) in [5.41, 5.74) is 1.13. The van der Waals surface area contributed by atoms with E-state index < -0.39 is 0 Å². The Morgan fingerprint density at radius 3 is 2.92 bits per heavy atom. The Bertz CT molecular complexity index is 238. The van der Waals surface area contributed by atoms with E-state index in [4.69, 9.17) is 0 Å². The molecule has 1 atom stereocenters. The van der Waals surface area contributed by atoms with Gasteiger partial charge in [0.2, 0.25) is 0 Å². The zero-order chi connectivity index (χ0) is 9.73. The smallest absolute Gasteiger partial charge is 0.130 e. The van der Waals surface area contributed by atoms with Gasteiger partial charge in [0.05, 0.1) is 0 Å². The van der Waals surface area contributed by atoms with Crippen LogP contribution in [0.1, 0.15) is 39.5 Å². The summed E-state index contributed by atoms with van der Waals surface area (Å²) in [6.45, 7) is 4.25. The number of allylic oxidation sites excluding steroid dienone is 4. The van der Waals surface area contributed by atoms with Crippen LogP contribution in [0.4, 0.5) is 0 Å². The van der Waals surface area contributed by atoms with Gasteiger partial charge < -0.3 is 4.79 Å². The molecule has 0 N–H and O–H groups in total. The van der Waals surface area contributed by atoms with Gasteiger partial charge in [-0.1, -0.05) is 43.6 Å². The Balaban J connectivity index is 2.66. The molecule has 1 aliphatic rings. The van der Waals surface area contributed by atoms with Gasteiger partial charge in [0, 0.05) is 5.41 Å². The van der Waals surface area contributed by atoms with Gasteiger partial charge in [-0.25, -0.2) is 0 Å². The third-order valence-electron chi connectivity index (χ3n) is 2.65. The molecule has 0 bridgehead atoms. The van der Waals surface area contributed by atoms with Gasteiger partial charge in [0.1, 0.15) is 6.29 Å². The van der Waals surface area contributed by atoms with Crippen molar-refractivity contribution in [2.24, 2.45) is 5.41 Å². The maximum Gasteiger partial charge on any atom is 0.130 e. The van der Waals surface area contributed by atoms with Crippen LogP contribution in [-0.2, 0) is 4.79 Å². The monoisotopic (exact) mass is 178 g/mol. The Morgan fingerprint density at radius 2 is 2.38 bits per heavy atom. The molecular formula is C12H18O. The summed E-state index contributed by atoms with van der Waals surface area (Å²) < 4.78 is 0. The number of rotatable bonds is 4. The second-order valence-electron chi connectivity index (χ2n) is 4.00. The summed E-state index contributed by atoms with van der Waals surface area (Å²) in [6, 6.07) is 0. The van der Waals surface area contributed by atoms with Crippen LogP contribution in [0.3, 0.4) is 0 Å². The maximum atomic E-state index is 11.1. The largest absolute Gasteiger partial charge is 0.302 e. The molecule has 0 amide bonds. The summed E-state index contributed by atoms with van der Waals surface area (Å²) >= 11 is 0. The van der Waals surface area contributed by atoms with E-state index in [1.54, 1.807) is 0 Å². The van der Waals surface area contributed by atoms with Gasteiger partial charge in [0.15, 0.2) is 0 Å². The van der Waals surface area contributed by atoms with Crippen molar-refractivity contribution in [2.45, 2.75) is 39.5 Å². The van der Waals surface area contributed by atoms with Crippen molar-refractivity contribution in [2.75, 3.05) is 0 Å². The fourth-order valence-electron chi connectivity index (χ4n) is 1.86. The predicted molar refractivity (Wildman–Crippen MR) is 55.5 cm³/mol. The zero-order valence-corrected chi connectivity index (χ0v) is 8.55. The lowest BCUT2D eigenvalue weighted by Crippen LogP contribution is -2.21. The topological polar surface area (TPSA) is 17.1 Å². The molecule has 1 nitrogen and oxygen atoms in total. The van der Waals surface area contributed by atoms with Crippen molar-refractivity contribution < 1.29 is 4.79 Å². The molecule has 0 saturated heterocycles. The van der Waals surface area contributed by atoms with Crippen LogP contribution in [0.25, 0.3) is 0 Å². The zero-order valence-electron chi connectivity index (χ0n) is 8.55. The summed E-state index contributed by atoms with van der Waals surface area (Å²) in [6.07, 6.45) is 11.5. The van der Waals surface area contributed by atoms with E-state index in [9.17, 15) is 4.79 Å². The highest BCUT2D eigenvalue weighted by molar-refractivity contribution is 5.64. The van der Waals surface area contributed by atoms with Gasteiger partial charge in [-0.2, -0.15) is 0 Å². The highest BCUT2D eigenvalue weighted by atomic mass is 16.1. The van der Waals surface area contributed by atoms with E-state index in [1.165, 1.54) is 5.57 Å². The van der Waals surface area contributed by atoms with Crippen LogP contribution >= 0.6 is 0 Å². The van der Waals surface area contributed by atoms with Gasteiger partial charge in [-0.3, -0.25) is 0 Å². The first-order valence-electron chi connectivity index (χ1n) is 5.04. The molecule has 1 unspecified atom stereocenters. The SMILES string of the molecule is CCCCC1(C=O)C=CC=C(C)C1. The first-order valence-corrected chi connectivity index (χ1v) is 5.04. The molecular weight excluding hydrogens is 160 g/mol. The Hall–Kier alpha value is -0.850. The predicted octanol–water partition coefficient (Wildman–Crippen LogP) is 3.27. The molecule has 1 rings (SSSR count). The fraction of sp³-hybridized carbons (Fsp3) is 0.583. The number of hydrogen-bond acceptors (Lipinski definition) is 1. The van der Waals surface area contributed by atoms with Crippen LogP contribution in [0.2, 0.25) is 0 Å². The van der Waals surface area contributed by atoms with Crippen molar-refractivity contribution in [3.8, 4) is 0 Å². The normalized spacial score (nSPS) is 27.1. The molecule has 72 valence electrons. The van der Waals surface area contributed by atoms with Crippen LogP contribution in [0.15, 0.2) is 23.8 Å². The molecule has 0 aromatic heterocycles. The number of carbonyl (C=O) groups is 1. The quantitative estimate of drug-likeness (QED) is 0.604. The first-order chi connectivity index (χ1) is 6.22. The molecule has 0 spiro atoms. The first kappa shape index (κ1) is 10.2. The Kier molecular flexibility index (Phi) is 3.47. The minimum atomic E-state index is -0.186. The molecule has 1 heteroatoms. The van der Waals surface area contributed by atoms with Crippen molar-refractivity contribution >= 4 is 6.29 Å². The third-order valence-corrected chi connectivity index (χ3v) is 2.65. The fourth-order valence-corrected chi connectivity index (χ4v) is 1.86. The van der Waals surface area contributed by atoms with E-state index in [0.29, 0.717) is 0 Å². The second kappa shape index (κ2) is 4.40. The average Bonchev–Trinajstić information content (AvgIpc) is 2.15. The maximum absolute atomic E-state index is 11.1.